The number of hydrogen-bond donors (Lipinski definition) is 0. The standard InChI is InChI=1S/C18H24N4OS/c1-12-19-13(2)22(20-12)15-7-5-9-21(11-15)18(23)17-10-14-6-3-4-8-16(14)24-17/h10,15H,3-9,11H2,1-2H3/t15-/m0/s1. The Balaban J connectivity index is 1.52. The zero-order chi connectivity index (χ0) is 16.7. The molecule has 6 heteroatoms. The van der Waals surface area contributed by atoms with Crippen LogP contribution in [0.4, 0.5) is 0 Å². The van der Waals surface area contributed by atoms with Gasteiger partial charge < -0.3 is 4.90 Å². The lowest BCUT2D eigenvalue weighted by molar-refractivity contribution is 0.0676. The molecule has 1 fully saturated rings. The summed E-state index contributed by atoms with van der Waals surface area (Å²) in [6.45, 7) is 5.51. The normalized spacial score (nSPS) is 20.9. The predicted octanol–water partition coefficient (Wildman–Crippen LogP) is 3.31. The van der Waals surface area contributed by atoms with Crippen LogP contribution in [0.3, 0.4) is 0 Å². The maximum absolute atomic E-state index is 13.0. The van der Waals surface area contributed by atoms with Crippen molar-refractivity contribution in [2.75, 3.05) is 13.1 Å². The summed E-state index contributed by atoms with van der Waals surface area (Å²) in [5.41, 5.74) is 1.41. The summed E-state index contributed by atoms with van der Waals surface area (Å²) in [7, 11) is 0. The van der Waals surface area contributed by atoms with Crippen molar-refractivity contribution in [2.24, 2.45) is 0 Å². The van der Waals surface area contributed by atoms with E-state index in [1.165, 1.54) is 23.3 Å². The summed E-state index contributed by atoms with van der Waals surface area (Å²) in [4.78, 5) is 21.8. The molecule has 5 nitrogen and oxygen atoms in total. The van der Waals surface area contributed by atoms with E-state index in [2.05, 4.69) is 16.1 Å². The molecular formula is C18H24N4OS. The summed E-state index contributed by atoms with van der Waals surface area (Å²) < 4.78 is 2.01. The number of piperidine rings is 1. The Labute approximate surface area is 146 Å². The van der Waals surface area contributed by atoms with Gasteiger partial charge in [0, 0.05) is 18.0 Å². The van der Waals surface area contributed by atoms with Gasteiger partial charge in [0.1, 0.15) is 11.6 Å². The van der Waals surface area contributed by atoms with Crippen molar-refractivity contribution in [1.82, 2.24) is 19.7 Å². The van der Waals surface area contributed by atoms with Crippen LogP contribution in [-0.2, 0) is 12.8 Å². The van der Waals surface area contributed by atoms with E-state index in [4.69, 9.17) is 0 Å². The van der Waals surface area contributed by atoms with Gasteiger partial charge in [0.05, 0.1) is 10.9 Å². The highest BCUT2D eigenvalue weighted by molar-refractivity contribution is 7.14. The highest BCUT2D eigenvalue weighted by atomic mass is 32.1. The van der Waals surface area contributed by atoms with Crippen LogP contribution in [0.1, 0.15) is 63.5 Å². The molecule has 0 spiro atoms. The van der Waals surface area contributed by atoms with E-state index in [0.29, 0.717) is 0 Å². The molecule has 1 aliphatic carbocycles. The molecule has 0 bridgehead atoms. The number of thiophene rings is 1. The fourth-order valence-electron chi connectivity index (χ4n) is 3.97. The number of fused-ring (bicyclic) bond motifs is 1. The lowest BCUT2D eigenvalue weighted by Gasteiger charge is -2.32. The average Bonchev–Trinajstić information content (AvgIpc) is 3.17. The van der Waals surface area contributed by atoms with Crippen molar-refractivity contribution in [3.05, 3.63) is 33.0 Å². The van der Waals surface area contributed by atoms with Gasteiger partial charge in [-0.1, -0.05) is 0 Å². The summed E-state index contributed by atoms with van der Waals surface area (Å²) in [6, 6.07) is 2.40. The number of aryl methyl sites for hydroxylation is 4. The molecule has 1 saturated heterocycles. The van der Waals surface area contributed by atoms with Gasteiger partial charge in [-0.2, -0.15) is 5.10 Å². The molecule has 128 valence electrons. The molecule has 0 unspecified atom stereocenters. The van der Waals surface area contributed by atoms with Crippen molar-refractivity contribution in [2.45, 2.75) is 58.4 Å². The minimum absolute atomic E-state index is 0.202. The largest absolute Gasteiger partial charge is 0.336 e. The number of nitrogens with zero attached hydrogens (tertiary/aromatic N) is 4. The van der Waals surface area contributed by atoms with Crippen molar-refractivity contribution in [1.29, 1.82) is 0 Å². The number of rotatable bonds is 2. The van der Waals surface area contributed by atoms with E-state index in [9.17, 15) is 4.79 Å². The first-order valence-corrected chi connectivity index (χ1v) is 9.74. The molecule has 3 heterocycles. The fourth-order valence-corrected chi connectivity index (χ4v) is 5.19. The quantitative estimate of drug-likeness (QED) is 0.840. The van der Waals surface area contributed by atoms with E-state index in [-0.39, 0.29) is 11.9 Å². The number of aromatic nitrogens is 3. The molecule has 1 atom stereocenters. The van der Waals surface area contributed by atoms with E-state index >= 15 is 0 Å². The molecule has 1 aliphatic heterocycles. The van der Waals surface area contributed by atoms with Gasteiger partial charge in [0.15, 0.2) is 0 Å². The Hall–Kier alpha value is -1.69. The second-order valence-electron chi connectivity index (χ2n) is 6.96. The molecule has 0 saturated carbocycles. The zero-order valence-corrected chi connectivity index (χ0v) is 15.2. The van der Waals surface area contributed by atoms with Gasteiger partial charge >= 0.3 is 0 Å². The maximum atomic E-state index is 13.0. The molecule has 0 radical (unpaired) electrons. The predicted molar refractivity (Wildman–Crippen MR) is 94.6 cm³/mol. The second-order valence-corrected chi connectivity index (χ2v) is 8.10. The first kappa shape index (κ1) is 15.8. The van der Waals surface area contributed by atoms with E-state index in [1.807, 2.05) is 23.4 Å². The Morgan fingerprint density at radius 3 is 2.83 bits per heavy atom. The van der Waals surface area contributed by atoms with Crippen LogP contribution in [-0.4, -0.2) is 38.7 Å². The number of hydrogen-bond acceptors (Lipinski definition) is 4. The Kier molecular flexibility index (Phi) is 4.16. The SMILES string of the molecule is Cc1nc(C)n([C@H]2CCCN(C(=O)c3cc4c(s3)CCCC4)C2)n1. The van der Waals surface area contributed by atoms with Gasteiger partial charge in [-0.15, -0.1) is 11.3 Å². The highest BCUT2D eigenvalue weighted by Gasteiger charge is 2.28. The summed E-state index contributed by atoms with van der Waals surface area (Å²) in [6.07, 6.45) is 6.90. The molecule has 24 heavy (non-hydrogen) atoms. The molecule has 2 aliphatic rings. The van der Waals surface area contributed by atoms with Crippen molar-refractivity contribution in [3.63, 3.8) is 0 Å². The van der Waals surface area contributed by atoms with Crippen LogP contribution < -0.4 is 0 Å². The molecular weight excluding hydrogens is 320 g/mol. The van der Waals surface area contributed by atoms with Crippen LogP contribution in [0.25, 0.3) is 0 Å². The third-order valence-corrected chi connectivity index (χ3v) is 6.37. The summed E-state index contributed by atoms with van der Waals surface area (Å²) in [5, 5.41) is 4.52. The molecule has 0 aromatic carbocycles. The monoisotopic (exact) mass is 344 g/mol. The number of carbonyl (C=O) groups excluding carboxylic acids is 1. The minimum Gasteiger partial charge on any atom is -0.336 e. The average molecular weight is 344 g/mol. The highest BCUT2D eigenvalue weighted by Crippen LogP contribution is 2.31. The van der Waals surface area contributed by atoms with Crippen LogP contribution in [0.2, 0.25) is 0 Å². The van der Waals surface area contributed by atoms with Crippen molar-refractivity contribution >= 4 is 17.2 Å². The first-order chi connectivity index (χ1) is 11.6. The molecule has 4 rings (SSSR count). The van der Waals surface area contributed by atoms with Crippen molar-refractivity contribution in [3.8, 4) is 0 Å². The number of carbonyl (C=O) groups is 1. The fraction of sp³-hybridized carbons (Fsp3) is 0.611. The van der Waals surface area contributed by atoms with Gasteiger partial charge in [-0.25, -0.2) is 9.67 Å². The van der Waals surface area contributed by atoms with Gasteiger partial charge in [-0.3, -0.25) is 4.79 Å². The van der Waals surface area contributed by atoms with E-state index in [0.717, 1.165) is 55.3 Å². The molecule has 1 amide bonds. The first-order valence-electron chi connectivity index (χ1n) is 8.92. The second kappa shape index (κ2) is 6.31. The van der Waals surface area contributed by atoms with E-state index < -0.39 is 0 Å². The third kappa shape index (κ3) is 2.88. The summed E-state index contributed by atoms with van der Waals surface area (Å²) >= 11 is 1.72. The lowest BCUT2D eigenvalue weighted by Crippen LogP contribution is -2.41. The Morgan fingerprint density at radius 1 is 1.25 bits per heavy atom. The van der Waals surface area contributed by atoms with Crippen LogP contribution in [0.5, 0.6) is 0 Å². The van der Waals surface area contributed by atoms with Crippen LogP contribution >= 0.6 is 11.3 Å². The molecule has 2 aromatic rings. The van der Waals surface area contributed by atoms with E-state index in [1.54, 1.807) is 11.3 Å². The lowest BCUT2D eigenvalue weighted by atomic mass is 9.99. The topological polar surface area (TPSA) is 51.0 Å². The van der Waals surface area contributed by atoms with Crippen LogP contribution in [0, 0.1) is 13.8 Å². The molecule has 0 N–H and O–H groups in total. The Morgan fingerprint density at radius 2 is 2.08 bits per heavy atom. The van der Waals surface area contributed by atoms with Gasteiger partial charge in [-0.05, 0) is 64.0 Å². The minimum atomic E-state index is 0.202. The number of amides is 1. The number of likely N-dealkylation sites (tertiary alicyclic amines) is 1. The maximum Gasteiger partial charge on any atom is 0.264 e. The summed E-state index contributed by atoms with van der Waals surface area (Å²) in [5.74, 6) is 1.95. The molecule has 2 aromatic heterocycles. The van der Waals surface area contributed by atoms with Gasteiger partial charge in [0.2, 0.25) is 0 Å². The third-order valence-electron chi connectivity index (χ3n) is 5.14. The Bertz CT molecular complexity index is 740. The smallest absolute Gasteiger partial charge is 0.264 e. The van der Waals surface area contributed by atoms with Crippen LogP contribution in [0.15, 0.2) is 6.07 Å². The van der Waals surface area contributed by atoms with Gasteiger partial charge in [0.25, 0.3) is 5.91 Å². The zero-order valence-electron chi connectivity index (χ0n) is 14.4. The van der Waals surface area contributed by atoms with Crippen molar-refractivity contribution < 1.29 is 4.79 Å².